The molecular formula is C11H10FNS. The van der Waals surface area contributed by atoms with E-state index in [4.69, 9.17) is 0 Å². The van der Waals surface area contributed by atoms with Crippen molar-refractivity contribution >= 4 is 11.3 Å². The molecule has 0 aliphatic carbocycles. The normalized spacial score (nSPS) is 10.5. The van der Waals surface area contributed by atoms with Crippen molar-refractivity contribution in [1.29, 1.82) is 0 Å². The molecule has 0 aliphatic rings. The molecule has 2 aromatic rings. The second kappa shape index (κ2) is 3.50. The first-order valence-electron chi connectivity index (χ1n) is 4.37. The van der Waals surface area contributed by atoms with Crippen LogP contribution in [0.3, 0.4) is 0 Å². The molecule has 0 bridgehead atoms. The van der Waals surface area contributed by atoms with Gasteiger partial charge in [0, 0.05) is 0 Å². The zero-order valence-electron chi connectivity index (χ0n) is 8.04. The fourth-order valence-electron chi connectivity index (χ4n) is 1.40. The van der Waals surface area contributed by atoms with E-state index < -0.39 is 0 Å². The topological polar surface area (TPSA) is 12.9 Å². The average Bonchev–Trinajstić information content (AvgIpc) is 2.47. The Kier molecular flexibility index (Phi) is 2.33. The lowest BCUT2D eigenvalue weighted by Gasteiger charge is -1.97. The number of rotatable bonds is 1. The van der Waals surface area contributed by atoms with Gasteiger partial charge in [0.2, 0.25) is 0 Å². The Bertz CT molecular complexity index is 445. The second-order valence-corrected chi connectivity index (χ2v) is 4.36. The summed E-state index contributed by atoms with van der Waals surface area (Å²) in [6, 6.07) is 6.53. The molecule has 0 radical (unpaired) electrons. The molecule has 0 aliphatic heterocycles. The number of benzene rings is 1. The van der Waals surface area contributed by atoms with Crippen LogP contribution in [0.5, 0.6) is 0 Å². The van der Waals surface area contributed by atoms with Gasteiger partial charge in [0.05, 0.1) is 15.6 Å². The summed E-state index contributed by atoms with van der Waals surface area (Å²) in [7, 11) is 0. The van der Waals surface area contributed by atoms with Gasteiger partial charge in [0.25, 0.3) is 0 Å². The van der Waals surface area contributed by atoms with E-state index in [0.717, 1.165) is 21.1 Å². The molecule has 0 amide bonds. The predicted molar refractivity (Wildman–Crippen MR) is 57.0 cm³/mol. The van der Waals surface area contributed by atoms with Crippen LogP contribution in [0, 0.1) is 19.7 Å². The number of aryl methyl sites for hydroxylation is 2. The van der Waals surface area contributed by atoms with Gasteiger partial charge in [-0.05, 0) is 31.5 Å². The highest BCUT2D eigenvalue weighted by molar-refractivity contribution is 7.15. The molecule has 0 atom stereocenters. The Morgan fingerprint density at radius 3 is 2.29 bits per heavy atom. The molecule has 0 saturated heterocycles. The first kappa shape index (κ1) is 9.34. The van der Waals surface area contributed by atoms with Gasteiger partial charge in [-0.1, -0.05) is 12.1 Å². The minimum atomic E-state index is -0.201. The van der Waals surface area contributed by atoms with Gasteiger partial charge in [0.15, 0.2) is 0 Å². The van der Waals surface area contributed by atoms with Crippen molar-refractivity contribution in [2.45, 2.75) is 13.8 Å². The second-order valence-electron chi connectivity index (χ2n) is 3.15. The molecule has 72 valence electrons. The highest BCUT2D eigenvalue weighted by Gasteiger charge is 2.06. The third-order valence-corrected chi connectivity index (χ3v) is 3.13. The van der Waals surface area contributed by atoms with E-state index in [0.29, 0.717) is 0 Å². The molecule has 0 unspecified atom stereocenters. The van der Waals surface area contributed by atoms with Crippen molar-refractivity contribution in [1.82, 2.24) is 4.98 Å². The van der Waals surface area contributed by atoms with Gasteiger partial charge in [-0.2, -0.15) is 0 Å². The Morgan fingerprint density at radius 2 is 1.79 bits per heavy atom. The average molecular weight is 207 g/mol. The van der Waals surface area contributed by atoms with E-state index in [9.17, 15) is 4.39 Å². The molecule has 1 nitrogen and oxygen atoms in total. The summed E-state index contributed by atoms with van der Waals surface area (Å²) < 4.78 is 12.7. The van der Waals surface area contributed by atoms with E-state index in [1.165, 1.54) is 12.1 Å². The lowest BCUT2D eigenvalue weighted by atomic mass is 10.1. The molecular weight excluding hydrogens is 197 g/mol. The summed E-state index contributed by atoms with van der Waals surface area (Å²) in [4.78, 5) is 5.46. The van der Waals surface area contributed by atoms with Gasteiger partial charge in [-0.3, -0.25) is 0 Å². The van der Waals surface area contributed by atoms with Crippen molar-refractivity contribution in [3.8, 4) is 10.4 Å². The van der Waals surface area contributed by atoms with Crippen LogP contribution in [0.15, 0.2) is 24.3 Å². The van der Waals surface area contributed by atoms with Crippen LogP contribution in [0.4, 0.5) is 4.39 Å². The molecule has 2 rings (SSSR count). The van der Waals surface area contributed by atoms with E-state index in [-0.39, 0.29) is 5.82 Å². The summed E-state index contributed by atoms with van der Waals surface area (Å²) >= 11 is 1.64. The number of aromatic nitrogens is 1. The van der Waals surface area contributed by atoms with Gasteiger partial charge < -0.3 is 0 Å². The number of hydrogen-bond donors (Lipinski definition) is 0. The third-order valence-electron chi connectivity index (χ3n) is 2.01. The Morgan fingerprint density at radius 1 is 1.14 bits per heavy atom. The zero-order chi connectivity index (χ0) is 10.1. The first-order valence-corrected chi connectivity index (χ1v) is 5.18. The van der Waals surface area contributed by atoms with Crippen LogP contribution in [0.1, 0.15) is 10.7 Å². The Balaban J connectivity index is 2.49. The van der Waals surface area contributed by atoms with Gasteiger partial charge in [0.1, 0.15) is 5.82 Å². The molecule has 1 aromatic carbocycles. The standard InChI is InChI=1S/C11H10FNS/c1-7-11(14-8(2)13-7)9-3-5-10(12)6-4-9/h3-6H,1-2H3. The molecule has 0 saturated carbocycles. The lowest BCUT2D eigenvalue weighted by Crippen LogP contribution is -1.78. The van der Waals surface area contributed by atoms with E-state index >= 15 is 0 Å². The van der Waals surface area contributed by atoms with Crippen molar-refractivity contribution in [3.63, 3.8) is 0 Å². The smallest absolute Gasteiger partial charge is 0.123 e. The molecule has 1 aromatic heterocycles. The van der Waals surface area contributed by atoms with E-state index in [2.05, 4.69) is 4.98 Å². The SMILES string of the molecule is Cc1nc(C)c(-c2ccc(F)cc2)s1. The summed E-state index contributed by atoms with van der Waals surface area (Å²) in [5.41, 5.74) is 2.05. The summed E-state index contributed by atoms with van der Waals surface area (Å²) in [5.74, 6) is -0.201. The minimum Gasteiger partial charge on any atom is -0.246 e. The number of thiazole rings is 1. The minimum absolute atomic E-state index is 0.201. The number of nitrogens with zero attached hydrogens (tertiary/aromatic N) is 1. The molecule has 3 heteroatoms. The van der Waals surface area contributed by atoms with Crippen LogP contribution in [-0.4, -0.2) is 4.98 Å². The molecule has 0 N–H and O–H groups in total. The summed E-state index contributed by atoms with van der Waals surface area (Å²) in [6.45, 7) is 3.95. The lowest BCUT2D eigenvalue weighted by molar-refractivity contribution is 0.628. The zero-order valence-corrected chi connectivity index (χ0v) is 8.86. The molecule has 14 heavy (non-hydrogen) atoms. The number of halogens is 1. The van der Waals surface area contributed by atoms with E-state index in [1.807, 2.05) is 13.8 Å². The summed E-state index contributed by atoms with van der Waals surface area (Å²) in [6.07, 6.45) is 0. The van der Waals surface area contributed by atoms with Crippen LogP contribution in [0.25, 0.3) is 10.4 Å². The van der Waals surface area contributed by atoms with Crippen LogP contribution in [-0.2, 0) is 0 Å². The Hall–Kier alpha value is -1.22. The third kappa shape index (κ3) is 1.68. The van der Waals surface area contributed by atoms with Crippen molar-refractivity contribution in [2.75, 3.05) is 0 Å². The molecule has 1 heterocycles. The highest BCUT2D eigenvalue weighted by Crippen LogP contribution is 2.29. The number of hydrogen-bond acceptors (Lipinski definition) is 2. The fraction of sp³-hybridized carbons (Fsp3) is 0.182. The van der Waals surface area contributed by atoms with Crippen molar-refractivity contribution in [3.05, 3.63) is 40.8 Å². The van der Waals surface area contributed by atoms with Gasteiger partial charge in [-0.15, -0.1) is 11.3 Å². The quantitative estimate of drug-likeness (QED) is 0.696. The van der Waals surface area contributed by atoms with Gasteiger partial charge >= 0.3 is 0 Å². The van der Waals surface area contributed by atoms with Crippen LogP contribution < -0.4 is 0 Å². The maximum Gasteiger partial charge on any atom is 0.123 e. The van der Waals surface area contributed by atoms with E-state index in [1.54, 1.807) is 23.5 Å². The van der Waals surface area contributed by atoms with Crippen molar-refractivity contribution in [2.24, 2.45) is 0 Å². The monoisotopic (exact) mass is 207 g/mol. The summed E-state index contributed by atoms with van der Waals surface area (Å²) in [5, 5.41) is 1.04. The maximum atomic E-state index is 12.7. The van der Waals surface area contributed by atoms with Gasteiger partial charge in [-0.25, -0.2) is 9.37 Å². The highest BCUT2D eigenvalue weighted by atomic mass is 32.1. The molecule has 0 spiro atoms. The fourth-order valence-corrected chi connectivity index (χ4v) is 2.33. The first-order chi connectivity index (χ1) is 6.66. The predicted octanol–water partition coefficient (Wildman–Crippen LogP) is 3.57. The Labute approximate surface area is 86.2 Å². The van der Waals surface area contributed by atoms with Crippen LogP contribution >= 0.6 is 11.3 Å². The van der Waals surface area contributed by atoms with Crippen molar-refractivity contribution < 1.29 is 4.39 Å². The largest absolute Gasteiger partial charge is 0.246 e. The maximum absolute atomic E-state index is 12.7. The van der Waals surface area contributed by atoms with Crippen LogP contribution in [0.2, 0.25) is 0 Å². The molecule has 0 fully saturated rings.